The standard InChI is InChI=1S/C10H16ClF3N2S/c11-8-5-7(10(12,13)14)6-15-9(8)16-1-3-17-4-2-16/h7-9,15H,1-6H2. The average molecular weight is 289 g/mol. The van der Waals surface area contributed by atoms with Crippen LogP contribution in [0.4, 0.5) is 13.2 Å². The van der Waals surface area contributed by atoms with Crippen LogP contribution in [0.1, 0.15) is 6.42 Å². The third-order valence-electron chi connectivity index (χ3n) is 3.33. The number of thioether (sulfide) groups is 1. The molecule has 2 heterocycles. The molecule has 1 N–H and O–H groups in total. The van der Waals surface area contributed by atoms with E-state index in [1.54, 1.807) is 0 Å². The summed E-state index contributed by atoms with van der Waals surface area (Å²) in [6, 6.07) is 0. The molecule has 0 spiro atoms. The maximum absolute atomic E-state index is 12.6. The summed E-state index contributed by atoms with van der Waals surface area (Å²) in [7, 11) is 0. The van der Waals surface area contributed by atoms with Gasteiger partial charge in [0.05, 0.1) is 17.5 Å². The Kier molecular flexibility index (Phi) is 4.50. The Balaban J connectivity index is 1.91. The lowest BCUT2D eigenvalue weighted by Crippen LogP contribution is -2.59. The van der Waals surface area contributed by atoms with E-state index in [0.29, 0.717) is 0 Å². The van der Waals surface area contributed by atoms with Gasteiger partial charge in [-0.2, -0.15) is 24.9 Å². The third-order valence-corrected chi connectivity index (χ3v) is 4.69. The molecule has 17 heavy (non-hydrogen) atoms. The summed E-state index contributed by atoms with van der Waals surface area (Å²) in [6.45, 7) is 1.80. The van der Waals surface area contributed by atoms with Crippen LogP contribution in [0.2, 0.25) is 0 Å². The van der Waals surface area contributed by atoms with Gasteiger partial charge in [0.1, 0.15) is 0 Å². The predicted molar refractivity (Wildman–Crippen MR) is 64.5 cm³/mol. The second-order valence-electron chi connectivity index (χ2n) is 4.49. The Hall–Kier alpha value is 0.350. The van der Waals surface area contributed by atoms with E-state index in [1.807, 2.05) is 11.8 Å². The van der Waals surface area contributed by atoms with E-state index in [1.165, 1.54) is 0 Å². The topological polar surface area (TPSA) is 15.3 Å². The molecular weight excluding hydrogens is 273 g/mol. The van der Waals surface area contributed by atoms with Gasteiger partial charge in [0.25, 0.3) is 0 Å². The minimum Gasteiger partial charge on any atom is -0.300 e. The number of hydrogen-bond donors (Lipinski definition) is 1. The number of hydrogen-bond acceptors (Lipinski definition) is 3. The summed E-state index contributed by atoms with van der Waals surface area (Å²) in [4.78, 5) is 2.17. The number of nitrogens with zero attached hydrogens (tertiary/aromatic N) is 1. The molecule has 0 amide bonds. The van der Waals surface area contributed by atoms with Crippen molar-refractivity contribution in [2.45, 2.75) is 24.1 Å². The molecule has 0 radical (unpaired) electrons. The summed E-state index contributed by atoms with van der Waals surface area (Å²) >= 11 is 7.98. The highest BCUT2D eigenvalue weighted by molar-refractivity contribution is 7.99. The zero-order chi connectivity index (χ0) is 12.5. The second-order valence-corrected chi connectivity index (χ2v) is 6.28. The lowest BCUT2D eigenvalue weighted by molar-refractivity contribution is -0.181. The van der Waals surface area contributed by atoms with Gasteiger partial charge in [-0.25, -0.2) is 0 Å². The minimum absolute atomic E-state index is 0.0129. The fraction of sp³-hybridized carbons (Fsp3) is 1.00. The van der Waals surface area contributed by atoms with Gasteiger partial charge < -0.3 is 0 Å². The molecule has 2 fully saturated rings. The van der Waals surface area contributed by atoms with Crippen LogP contribution >= 0.6 is 23.4 Å². The average Bonchev–Trinajstić information content (AvgIpc) is 2.29. The monoisotopic (exact) mass is 288 g/mol. The molecular formula is C10H16ClF3N2S. The van der Waals surface area contributed by atoms with E-state index in [2.05, 4.69) is 10.2 Å². The van der Waals surface area contributed by atoms with Crippen molar-refractivity contribution >= 4 is 23.4 Å². The Labute approximate surface area is 108 Å². The molecule has 2 aliphatic rings. The Bertz CT molecular complexity index is 258. The zero-order valence-electron chi connectivity index (χ0n) is 9.34. The first-order valence-corrected chi connectivity index (χ1v) is 7.33. The molecule has 0 aromatic heterocycles. The smallest absolute Gasteiger partial charge is 0.300 e. The minimum atomic E-state index is -4.14. The van der Waals surface area contributed by atoms with Crippen LogP contribution in [0.15, 0.2) is 0 Å². The van der Waals surface area contributed by atoms with Crippen molar-refractivity contribution in [3.63, 3.8) is 0 Å². The van der Waals surface area contributed by atoms with Crippen LogP contribution in [0, 0.1) is 5.92 Å². The van der Waals surface area contributed by atoms with Gasteiger partial charge in [0.15, 0.2) is 0 Å². The number of halogens is 4. The van der Waals surface area contributed by atoms with Crippen LogP contribution < -0.4 is 5.32 Å². The molecule has 3 unspecified atom stereocenters. The molecule has 0 bridgehead atoms. The molecule has 100 valence electrons. The molecule has 3 atom stereocenters. The molecule has 0 saturated carbocycles. The molecule has 2 nitrogen and oxygen atoms in total. The predicted octanol–water partition coefficient (Wildman–Crippen LogP) is 2.14. The maximum Gasteiger partial charge on any atom is 0.393 e. The summed E-state index contributed by atoms with van der Waals surface area (Å²) in [5, 5.41) is 2.50. The van der Waals surface area contributed by atoms with E-state index in [0.717, 1.165) is 24.6 Å². The van der Waals surface area contributed by atoms with Crippen molar-refractivity contribution in [3.8, 4) is 0 Å². The van der Waals surface area contributed by atoms with E-state index in [9.17, 15) is 13.2 Å². The molecule has 0 aliphatic carbocycles. The molecule has 2 saturated heterocycles. The molecule has 0 aromatic rings. The first-order chi connectivity index (χ1) is 7.98. The molecule has 7 heteroatoms. The van der Waals surface area contributed by atoms with Crippen molar-refractivity contribution in [3.05, 3.63) is 0 Å². The summed E-state index contributed by atoms with van der Waals surface area (Å²) in [6.07, 6.45) is -4.22. The van der Waals surface area contributed by atoms with Crippen molar-refractivity contribution in [1.82, 2.24) is 10.2 Å². The molecule has 2 rings (SSSR count). The van der Waals surface area contributed by atoms with E-state index < -0.39 is 17.5 Å². The second kappa shape index (κ2) is 5.55. The van der Waals surface area contributed by atoms with Crippen LogP contribution in [0.5, 0.6) is 0 Å². The quantitative estimate of drug-likeness (QED) is 0.744. The van der Waals surface area contributed by atoms with Gasteiger partial charge in [0, 0.05) is 31.1 Å². The Morgan fingerprint density at radius 1 is 1.24 bits per heavy atom. The number of piperidine rings is 1. The normalized spacial score (nSPS) is 37.1. The number of rotatable bonds is 1. The fourth-order valence-corrected chi connectivity index (χ4v) is 3.73. The van der Waals surface area contributed by atoms with Gasteiger partial charge in [0.2, 0.25) is 0 Å². The van der Waals surface area contributed by atoms with Crippen molar-refractivity contribution < 1.29 is 13.2 Å². The van der Waals surface area contributed by atoms with Gasteiger partial charge in [-0.05, 0) is 6.42 Å². The highest BCUT2D eigenvalue weighted by Gasteiger charge is 2.45. The number of nitrogens with one attached hydrogen (secondary N) is 1. The van der Waals surface area contributed by atoms with Crippen molar-refractivity contribution in [2.75, 3.05) is 31.1 Å². The Morgan fingerprint density at radius 2 is 1.88 bits per heavy atom. The summed E-state index contributed by atoms with van der Waals surface area (Å²) in [5.74, 6) is 0.759. The van der Waals surface area contributed by atoms with Gasteiger partial charge in [-0.1, -0.05) is 0 Å². The first-order valence-electron chi connectivity index (χ1n) is 5.74. The van der Waals surface area contributed by atoms with Crippen LogP contribution in [0.25, 0.3) is 0 Å². The highest BCUT2D eigenvalue weighted by atomic mass is 35.5. The van der Waals surface area contributed by atoms with Gasteiger partial charge in [-0.3, -0.25) is 10.2 Å². The third kappa shape index (κ3) is 3.43. The van der Waals surface area contributed by atoms with Crippen LogP contribution in [0.3, 0.4) is 0 Å². The largest absolute Gasteiger partial charge is 0.393 e. The number of alkyl halides is 4. The highest BCUT2D eigenvalue weighted by Crippen LogP contribution is 2.34. The lowest BCUT2D eigenvalue weighted by Gasteiger charge is -2.42. The van der Waals surface area contributed by atoms with Gasteiger partial charge >= 0.3 is 6.18 Å². The molecule has 0 aromatic carbocycles. The first kappa shape index (κ1) is 13.8. The van der Waals surface area contributed by atoms with Crippen LogP contribution in [-0.2, 0) is 0 Å². The van der Waals surface area contributed by atoms with E-state index in [4.69, 9.17) is 11.6 Å². The fourth-order valence-electron chi connectivity index (χ4n) is 2.34. The van der Waals surface area contributed by atoms with E-state index >= 15 is 0 Å². The molecule has 2 aliphatic heterocycles. The SMILES string of the molecule is FC(F)(F)C1CNC(N2CCSCC2)C(Cl)C1. The van der Waals surface area contributed by atoms with Crippen LogP contribution in [-0.4, -0.2) is 53.8 Å². The van der Waals surface area contributed by atoms with E-state index in [-0.39, 0.29) is 19.1 Å². The Morgan fingerprint density at radius 3 is 2.41 bits per heavy atom. The summed E-state index contributed by atoms with van der Waals surface area (Å²) < 4.78 is 37.7. The zero-order valence-corrected chi connectivity index (χ0v) is 10.9. The maximum atomic E-state index is 12.6. The van der Waals surface area contributed by atoms with Crippen molar-refractivity contribution in [2.24, 2.45) is 5.92 Å². The van der Waals surface area contributed by atoms with Gasteiger partial charge in [-0.15, -0.1) is 11.6 Å². The lowest BCUT2D eigenvalue weighted by atomic mass is 9.96. The van der Waals surface area contributed by atoms with Crippen molar-refractivity contribution in [1.29, 1.82) is 0 Å². The summed E-state index contributed by atoms with van der Waals surface area (Å²) in [5.41, 5.74) is 0.